The van der Waals surface area contributed by atoms with Crippen molar-refractivity contribution in [2.24, 2.45) is 5.92 Å². The van der Waals surface area contributed by atoms with Crippen LogP contribution in [0, 0.1) is 5.92 Å². The van der Waals surface area contributed by atoms with Gasteiger partial charge >= 0.3 is 39.5 Å². The fourth-order valence-electron chi connectivity index (χ4n) is 10.6. The summed E-state index contributed by atoms with van der Waals surface area (Å²) in [6.07, 6.45) is 50.0. The van der Waals surface area contributed by atoms with Crippen LogP contribution >= 0.6 is 15.6 Å². The second-order valence-corrected chi connectivity index (χ2v) is 28.7. The highest BCUT2D eigenvalue weighted by molar-refractivity contribution is 7.47. The van der Waals surface area contributed by atoms with Gasteiger partial charge in [0.2, 0.25) is 0 Å². The van der Waals surface area contributed by atoms with Crippen molar-refractivity contribution in [3.63, 3.8) is 0 Å². The van der Waals surface area contributed by atoms with Gasteiger partial charge in [-0.2, -0.15) is 0 Å². The predicted molar refractivity (Wildman–Crippen MR) is 358 cm³/mol. The van der Waals surface area contributed by atoms with Gasteiger partial charge in [-0.05, 0) is 31.6 Å². The minimum absolute atomic E-state index is 0.106. The number of hydrogen-bond acceptors (Lipinski definition) is 15. The molecule has 5 atom stereocenters. The Balaban J connectivity index is 5.20. The van der Waals surface area contributed by atoms with E-state index in [1.54, 1.807) is 0 Å². The van der Waals surface area contributed by atoms with Crippen LogP contribution in [0.3, 0.4) is 0 Å². The number of carbonyl (C=O) groups is 4. The molecule has 19 heteroatoms. The molecule has 3 N–H and O–H groups in total. The molecule has 0 heterocycles. The lowest BCUT2D eigenvalue weighted by molar-refractivity contribution is -0.161. The lowest BCUT2D eigenvalue weighted by atomic mass is 10.0. The molecule has 0 aliphatic carbocycles. The molecule has 17 nitrogen and oxygen atoms in total. The Labute approximate surface area is 543 Å². The minimum Gasteiger partial charge on any atom is -0.462 e. The third-order valence-corrected chi connectivity index (χ3v) is 18.2. The van der Waals surface area contributed by atoms with Gasteiger partial charge < -0.3 is 33.8 Å². The predicted octanol–water partition coefficient (Wildman–Crippen LogP) is 20.1. The van der Waals surface area contributed by atoms with Gasteiger partial charge in [0.15, 0.2) is 12.2 Å². The first-order valence-electron chi connectivity index (χ1n) is 36.6. The summed E-state index contributed by atoms with van der Waals surface area (Å²) in [4.78, 5) is 72.4. The quantitative estimate of drug-likeness (QED) is 0.0222. The van der Waals surface area contributed by atoms with Crippen LogP contribution in [0.5, 0.6) is 0 Å². The van der Waals surface area contributed by atoms with Crippen molar-refractivity contribution < 1.29 is 80.2 Å². The van der Waals surface area contributed by atoms with E-state index in [0.717, 1.165) is 102 Å². The van der Waals surface area contributed by atoms with Crippen LogP contribution in [0.2, 0.25) is 0 Å². The van der Waals surface area contributed by atoms with Crippen LogP contribution in [0.15, 0.2) is 0 Å². The number of rotatable bonds is 70. The van der Waals surface area contributed by atoms with Gasteiger partial charge in [-0.1, -0.05) is 311 Å². The van der Waals surface area contributed by atoms with E-state index in [1.807, 2.05) is 0 Å². The van der Waals surface area contributed by atoms with Crippen molar-refractivity contribution >= 4 is 39.5 Å². The topological polar surface area (TPSA) is 237 Å². The summed E-state index contributed by atoms with van der Waals surface area (Å²) >= 11 is 0. The summed E-state index contributed by atoms with van der Waals surface area (Å²) in [7, 11) is -9.89. The Morgan fingerprint density at radius 3 is 0.764 bits per heavy atom. The molecule has 2 unspecified atom stereocenters. The number of aliphatic hydroxyl groups excluding tert-OH is 1. The van der Waals surface area contributed by atoms with E-state index in [1.165, 1.54) is 180 Å². The molecule has 0 aromatic rings. The van der Waals surface area contributed by atoms with Crippen molar-refractivity contribution in [3.8, 4) is 0 Å². The molecular formula is C70H136O17P2. The SMILES string of the molecule is CCCCCCCCCCCCCCCCCCC(=O)OC[C@H](COP(=O)(O)OC[C@@H](O)COP(=O)(O)OC[C@@H](COC(=O)CCCCCCCCCC)OC(=O)CCCCCCCCCCC)OC(=O)CCCCCCCCCCCCCCCC(C)C. The largest absolute Gasteiger partial charge is 0.472 e. The standard InChI is InChI=1S/C70H136O17P2/c1-6-9-12-15-18-21-22-23-24-25-28-31-35-39-44-49-54-68(73)81-60-66(87-70(75)56-51-46-41-36-32-29-26-27-30-34-37-42-47-52-63(4)5)62-85-89(78,79)83-58-64(71)57-82-88(76,77)84-61-65(59-80-67(72)53-48-43-38-20-17-14-11-8-3)86-69(74)55-50-45-40-33-19-16-13-10-7-2/h63-66,71H,6-62H2,1-5H3,(H,76,77)(H,78,79)/t64-,65+,66+/m0/s1. The lowest BCUT2D eigenvalue weighted by Crippen LogP contribution is -2.30. The van der Waals surface area contributed by atoms with Gasteiger partial charge in [-0.3, -0.25) is 37.3 Å². The number of aliphatic hydroxyl groups is 1. The van der Waals surface area contributed by atoms with Crippen LogP contribution in [0.1, 0.15) is 362 Å². The number of carbonyl (C=O) groups excluding carboxylic acids is 4. The van der Waals surface area contributed by atoms with E-state index in [-0.39, 0.29) is 25.7 Å². The van der Waals surface area contributed by atoms with E-state index >= 15 is 0 Å². The minimum atomic E-state index is -4.95. The molecule has 0 radical (unpaired) electrons. The summed E-state index contributed by atoms with van der Waals surface area (Å²) in [5.74, 6) is -1.34. The van der Waals surface area contributed by atoms with Crippen molar-refractivity contribution in [2.45, 2.75) is 380 Å². The molecule has 0 saturated heterocycles. The van der Waals surface area contributed by atoms with Crippen LogP contribution in [0.4, 0.5) is 0 Å². The maximum Gasteiger partial charge on any atom is 0.472 e. The van der Waals surface area contributed by atoms with Crippen molar-refractivity contribution in [1.82, 2.24) is 0 Å². The fourth-order valence-corrected chi connectivity index (χ4v) is 12.2. The van der Waals surface area contributed by atoms with Crippen molar-refractivity contribution in [3.05, 3.63) is 0 Å². The van der Waals surface area contributed by atoms with Crippen molar-refractivity contribution in [1.29, 1.82) is 0 Å². The normalized spacial score (nSPS) is 14.1. The average molecular weight is 1310 g/mol. The molecule has 0 aromatic carbocycles. The molecule has 0 spiro atoms. The maximum absolute atomic E-state index is 13.0. The highest BCUT2D eigenvalue weighted by atomic mass is 31.2. The zero-order chi connectivity index (χ0) is 65.6. The Kier molecular flexibility index (Phi) is 62.1. The van der Waals surface area contributed by atoms with Crippen LogP contribution in [0.25, 0.3) is 0 Å². The molecule has 0 saturated carbocycles. The third kappa shape index (κ3) is 64.6. The van der Waals surface area contributed by atoms with Gasteiger partial charge in [0.25, 0.3) is 0 Å². The molecule has 0 bridgehead atoms. The smallest absolute Gasteiger partial charge is 0.462 e. The molecule has 0 aliphatic rings. The van der Waals surface area contributed by atoms with Gasteiger partial charge in [-0.15, -0.1) is 0 Å². The van der Waals surface area contributed by atoms with Gasteiger partial charge in [-0.25, -0.2) is 9.13 Å². The average Bonchev–Trinajstić information content (AvgIpc) is 3.59. The molecule has 0 rings (SSSR count). The fraction of sp³-hybridized carbons (Fsp3) is 0.943. The summed E-state index contributed by atoms with van der Waals surface area (Å²) in [5, 5.41) is 10.6. The van der Waals surface area contributed by atoms with Crippen LogP contribution in [-0.4, -0.2) is 96.7 Å². The number of phosphoric ester groups is 2. The number of ether oxygens (including phenoxy) is 4. The summed E-state index contributed by atoms with van der Waals surface area (Å²) in [6, 6.07) is 0. The Hall–Kier alpha value is -1.94. The van der Waals surface area contributed by atoms with Crippen LogP contribution in [-0.2, 0) is 65.4 Å². The molecule has 89 heavy (non-hydrogen) atoms. The van der Waals surface area contributed by atoms with E-state index in [2.05, 4.69) is 34.6 Å². The molecule has 0 fully saturated rings. The molecule has 0 aliphatic heterocycles. The monoisotopic (exact) mass is 1310 g/mol. The zero-order valence-corrected chi connectivity index (χ0v) is 59.4. The Morgan fingerprint density at radius 1 is 0.303 bits per heavy atom. The first kappa shape index (κ1) is 87.1. The summed E-state index contributed by atoms with van der Waals surface area (Å²) < 4.78 is 68.2. The highest BCUT2D eigenvalue weighted by Crippen LogP contribution is 2.45. The highest BCUT2D eigenvalue weighted by Gasteiger charge is 2.30. The number of hydrogen-bond donors (Lipinski definition) is 3. The van der Waals surface area contributed by atoms with Crippen molar-refractivity contribution in [2.75, 3.05) is 39.6 Å². The number of phosphoric acid groups is 2. The molecular weight excluding hydrogens is 1170 g/mol. The van der Waals surface area contributed by atoms with Gasteiger partial charge in [0.05, 0.1) is 26.4 Å². The number of esters is 4. The first-order chi connectivity index (χ1) is 43.0. The van der Waals surface area contributed by atoms with Gasteiger partial charge in [0.1, 0.15) is 19.3 Å². The van der Waals surface area contributed by atoms with E-state index < -0.39 is 97.5 Å². The Bertz CT molecular complexity index is 1720. The van der Waals surface area contributed by atoms with E-state index in [0.29, 0.717) is 25.7 Å². The summed E-state index contributed by atoms with van der Waals surface area (Å²) in [5.41, 5.74) is 0. The van der Waals surface area contributed by atoms with E-state index in [4.69, 9.17) is 37.0 Å². The first-order valence-corrected chi connectivity index (χ1v) is 39.6. The zero-order valence-electron chi connectivity index (χ0n) is 57.6. The third-order valence-electron chi connectivity index (χ3n) is 16.3. The lowest BCUT2D eigenvalue weighted by Gasteiger charge is -2.21. The van der Waals surface area contributed by atoms with E-state index in [9.17, 15) is 43.2 Å². The maximum atomic E-state index is 13.0. The van der Waals surface area contributed by atoms with Crippen LogP contribution < -0.4 is 0 Å². The number of unbranched alkanes of at least 4 members (excludes halogenated alkanes) is 42. The molecule has 528 valence electrons. The van der Waals surface area contributed by atoms with Gasteiger partial charge in [0, 0.05) is 25.7 Å². The molecule has 0 aromatic heterocycles. The summed E-state index contributed by atoms with van der Waals surface area (Å²) in [6.45, 7) is 7.22. The second kappa shape index (κ2) is 63.5. The Morgan fingerprint density at radius 2 is 0.517 bits per heavy atom. The second-order valence-electron chi connectivity index (χ2n) is 25.7. The molecule has 0 amide bonds.